The number of hydrogen-bond donors (Lipinski definition) is 1. The van der Waals surface area contributed by atoms with Crippen LogP contribution in [0, 0.1) is 0 Å². The second-order valence-corrected chi connectivity index (χ2v) is 6.61. The number of benzene rings is 1. The van der Waals surface area contributed by atoms with E-state index in [4.69, 9.17) is 23.2 Å². The van der Waals surface area contributed by atoms with Crippen LogP contribution in [-0.2, 0) is 16.6 Å². The molecular formula is C11H11Cl2N3O2S. The molecule has 0 aliphatic carbocycles. The van der Waals surface area contributed by atoms with Crippen LogP contribution in [0.3, 0.4) is 0 Å². The molecule has 19 heavy (non-hydrogen) atoms. The van der Waals surface area contributed by atoms with Gasteiger partial charge in [-0.1, -0.05) is 29.3 Å². The van der Waals surface area contributed by atoms with Gasteiger partial charge in [0, 0.05) is 6.20 Å². The lowest BCUT2D eigenvalue weighted by Gasteiger charge is -2.03. The van der Waals surface area contributed by atoms with Crippen LogP contribution in [0.2, 0.25) is 10.0 Å². The number of nitrogens with one attached hydrogen (secondary N) is 1. The van der Waals surface area contributed by atoms with E-state index in [9.17, 15) is 8.42 Å². The van der Waals surface area contributed by atoms with E-state index in [1.807, 2.05) is 6.07 Å². The van der Waals surface area contributed by atoms with Gasteiger partial charge in [0.05, 0.1) is 34.7 Å². The predicted molar refractivity (Wildman–Crippen MR) is 76.3 cm³/mol. The lowest BCUT2D eigenvalue weighted by molar-refractivity contribution is 0.607. The first-order chi connectivity index (χ1) is 8.83. The normalized spacial score (nSPS) is 11.5. The Kier molecular flexibility index (Phi) is 4.03. The second kappa shape index (κ2) is 5.40. The molecule has 0 aliphatic heterocycles. The van der Waals surface area contributed by atoms with Crippen molar-refractivity contribution < 1.29 is 8.42 Å². The van der Waals surface area contributed by atoms with Crippen molar-refractivity contribution in [1.29, 1.82) is 0 Å². The van der Waals surface area contributed by atoms with Crippen molar-refractivity contribution in [3.05, 3.63) is 46.2 Å². The Morgan fingerprint density at radius 3 is 2.68 bits per heavy atom. The standard InChI is InChI=1S/C11H11Cl2N3O2S/c1-19(17,18)15-9-5-14-16(7-9)6-8-2-3-10(12)11(13)4-8/h2-5,7,15H,6H2,1H3. The topological polar surface area (TPSA) is 64.0 Å². The summed E-state index contributed by atoms with van der Waals surface area (Å²) in [6, 6.07) is 5.28. The molecule has 0 spiro atoms. The number of anilines is 1. The van der Waals surface area contributed by atoms with E-state index in [0.29, 0.717) is 22.3 Å². The molecule has 0 aliphatic rings. The molecule has 0 radical (unpaired) electrons. The SMILES string of the molecule is CS(=O)(=O)Nc1cnn(Cc2ccc(Cl)c(Cl)c2)c1. The molecule has 1 aromatic heterocycles. The Hall–Kier alpha value is -1.24. The van der Waals surface area contributed by atoms with E-state index in [1.54, 1.807) is 23.0 Å². The van der Waals surface area contributed by atoms with E-state index in [-0.39, 0.29) is 0 Å². The highest BCUT2D eigenvalue weighted by Gasteiger charge is 2.05. The average molecular weight is 320 g/mol. The van der Waals surface area contributed by atoms with E-state index in [1.165, 1.54) is 6.20 Å². The van der Waals surface area contributed by atoms with Crippen molar-refractivity contribution in [2.45, 2.75) is 6.54 Å². The molecule has 2 rings (SSSR count). The van der Waals surface area contributed by atoms with Gasteiger partial charge in [0.1, 0.15) is 0 Å². The fourth-order valence-electron chi connectivity index (χ4n) is 1.54. The van der Waals surface area contributed by atoms with Gasteiger partial charge in [-0.15, -0.1) is 0 Å². The summed E-state index contributed by atoms with van der Waals surface area (Å²) >= 11 is 11.7. The summed E-state index contributed by atoms with van der Waals surface area (Å²) in [6.45, 7) is 0.475. The zero-order chi connectivity index (χ0) is 14.0. The monoisotopic (exact) mass is 319 g/mol. The summed E-state index contributed by atoms with van der Waals surface area (Å²) in [5.74, 6) is 0. The van der Waals surface area contributed by atoms with Crippen molar-refractivity contribution in [3.63, 3.8) is 0 Å². The molecule has 8 heteroatoms. The Morgan fingerprint density at radius 1 is 1.32 bits per heavy atom. The quantitative estimate of drug-likeness (QED) is 0.942. The third kappa shape index (κ3) is 4.12. The molecule has 1 aromatic carbocycles. The summed E-state index contributed by atoms with van der Waals surface area (Å²) in [6.07, 6.45) is 4.13. The van der Waals surface area contributed by atoms with Crippen LogP contribution in [-0.4, -0.2) is 24.5 Å². The van der Waals surface area contributed by atoms with Gasteiger partial charge in [-0.25, -0.2) is 8.42 Å². The van der Waals surface area contributed by atoms with Gasteiger partial charge in [0.25, 0.3) is 0 Å². The zero-order valence-electron chi connectivity index (χ0n) is 9.97. The maximum Gasteiger partial charge on any atom is 0.229 e. The van der Waals surface area contributed by atoms with Crippen molar-refractivity contribution in [2.24, 2.45) is 0 Å². The lowest BCUT2D eigenvalue weighted by Crippen LogP contribution is -2.08. The molecule has 0 saturated heterocycles. The van der Waals surface area contributed by atoms with E-state index in [2.05, 4.69) is 9.82 Å². The second-order valence-electron chi connectivity index (χ2n) is 4.05. The Labute approximate surface area is 121 Å². The van der Waals surface area contributed by atoms with E-state index in [0.717, 1.165) is 11.8 Å². The summed E-state index contributed by atoms with van der Waals surface area (Å²) in [4.78, 5) is 0. The van der Waals surface area contributed by atoms with Gasteiger partial charge in [0.2, 0.25) is 10.0 Å². The first kappa shape index (κ1) is 14.2. The molecule has 0 saturated carbocycles. The molecule has 1 heterocycles. The van der Waals surface area contributed by atoms with Crippen LogP contribution >= 0.6 is 23.2 Å². The highest BCUT2D eigenvalue weighted by atomic mass is 35.5. The molecule has 0 atom stereocenters. The Bertz CT molecular complexity index is 698. The number of sulfonamides is 1. The molecule has 0 unspecified atom stereocenters. The highest BCUT2D eigenvalue weighted by Crippen LogP contribution is 2.23. The number of nitrogens with zero attached hydrogens (tertiary/aromatic N) is 2. The van der Waals surface area contributed by atoms with Crippen LogP contribution in [0.4, 0.5) is 5.69 Å². The van der Waals surface area contributed by atoms with Crippen molar-refractivity contribution in [1.82, 2.24) is 9.78 Å². The van der Waals surface area contributed by atoms with Crippen LogP contribution in [0.25, 0.3) is 0 Å². The minimum absolute atomic E-state index is 0.419. The van der Waals surface area contributed by atoms with Gasteiger partial charge in [-0.3, -0.25) is 9.40 Å². The Balaban J connectivity index is 2.13. The molecule has 0 fully saturated rings. The molecule has 1 N–H and O–H groups in total. The summed E-state index contributed by atoms with van der Waals surface area (Å²) in [7, 11) is -3.29. The molecule has 102 valence electrons. The number of rotatable bonds is 4. The number of aromatic nitrogens is 2. The maximum atomic E-state index is 11.1. The zero-order valence-corrected chi connectivity index (χ0v) is 12.3. The molecular weight excluding hydrogens is 309 g/mol. The first-order valence-corrected chi connectivity index (χ1v) is 7.92. The smallest absolute Gasteiger partial charge is 0.229 e. The van der Waals surface area contributed by atoms with Gasteiger partial charge < -0.3 is 0 Å². The third-order valence-electron chi connectivity index (χ3n) is 2.27. The van der Waals surface area contributed by atoms with E-state index < -0.39 is 10.0 Å². The number of halogens is 2. The lowest BCUT2D eigenvalue weighted by atomic mass is 10.2. The summed E-state index contributed by atoms with van der Waals surface area (Å²) < 4.78 is 26.1. The van der Waals surface area contributed by atoms with Gasteiger partial charge >= 0.3 is 0 Å². The fourth-order valence-corrected chi connectivity index (χ4v) is 2.40. The predicted octanol–water partition coefficient (Wildman–Crippen LogP) is 2.61. The summed E-state index contributed by atoms with van der Waals surface area (Å²) in [5.41, 5.74) is 1.34. The van der Waals surface area contributed by atoms with Gasteiger partial charge in [-0.05, 0) is 17.7 Å². The average Bonchev–Trinajstić information content (AvgIpc) is 2.68. The number of hydrogen-bond acceptors (Lipinski definition) is 3. The van der Waals surface area contributed by atoms with Crippen LogP contribution in [0.15, 0.2) is 30.6 Å². The Morgan fingerprint density at radius 2 is 2.05 bits per heavy atom. The van der Waals surface area contributed by atoms with Gasteiger partial charge in [0.15, 0.2) is 0 Å². The minimum Gasteiger partial charge on any atom is -0.281 e. The molecule has 2 aromatic rings. The largest absolute Gasteiger partial charge is 0.281 e. The fraction of sp³-hybridized carbons (Fsp3) is 0.182. The van der Waals surface area contributed by atoms with Crippen molar-refractivity contribution >= 4 is 38.9 Å². The molecule has 0 amide bonds. The molecule has 0 bridgehead atoms. The maximum absolute atomic E-state index is 11.1. The highest BCUT2D eigenvalue weighted by molar-refractivity contribution is 7.92. The van der Waals surface area contributed by atoms with E-state index >= 15 is 0 Å². The van der Waals surface area contributed by atoms with Crippen LogP contribution < -0.4 is 4.72 Å². The van der Waals surface area contributed by atoms with Gasteiger partial charge in [-0.2, -0.15) is 5.10 Å². The van der Waals surface area contributed by atoms with Crippen LogP contribution in [0.5, 0.6) is 0 Å². The minimum atomic E-state index is -3.29. The first-order valence-electron chi connectivity index (χ1n) is 5.28. The van der Waals surface area contributed by atoms with Crippen molar-refractivity contribution in [3.8, 4) is 0 Å². The third-order valence-corrected chi connectivity index (χ3v) is 3.61. The van der Waals surface area contributed by atoms with Crippen molar-refractivity contribution in [2.75, 3.05) is 11.0 Å². The van der Waals surface area contributed by atoms with Crippen LogP contribution in [0.1, 0.15) is 5.56 Å². The summed E-state index contributed by atoms with van der Waals surface area (Å²) in [5, 5.41) is 5.03. The molecule has 5 nitrogen and oxygen atoms in total.